The van der Waals surface area contributed by atoms with Gasteiger partial charge in [0.15, 0.2) is 0 Å². The molecule has 2 aromatic heterocycles. The minimum atomic E-state index is 0.330. The summed E-state index contributed by atoms with van der Waals surface area (Å²) in [7, 11) is 0. The van der Waals surface area contributed by atoms with Crippen LogP contribution in [0, 0.1) is 13.8 Å². The molecule has 17 heavy (non-hydrogen) atoms. The number of rotatable bonds is 2. The predicted octanol–water partition coefficient (Wildman–Crippen LogP) is 2.33. The molecule has 5 nitrogen and oxygen atoms in total. The third-order valence-corrected chi connectivity index (χ3v) is 3.19. The lowest BCUT2D eigenvalue weighted by Gasteiger charge is -2.25. The summed E-state index contributed by atoms with van der Waals surface area (Å²) in [5.41, 5.74) is 4.21. The number of anilines is 2. The number of aromatic nitrogens is 1. The largest absolute Gasteiger partial charge is 0.468 e. The van der Waals surface area contributed by atoms with Crippen molar-refractivity contribution in [2.45, 2.75) is 26.3 Å². The van der Waals surface area contributed by atoms with Gasteiger partial charge in [0, 0.05) is 18.2 Å². The van der Waals surface area contributed by atoms with E-state index in [9.17, 15) is 0 Å². The van der Waals surface area contributed by atoms with Gasteiger partial charge in [-0.25, -0.2) is 0 Å². The number of nitrogens with zero attached hydrogens (tertiary/aromatic N) is 1. The molecule has 0 aliphatic carbocycles. The van der Waals surface area contributed by atoms with Gasteiger partial charge in [0.05, 0.1) is 17.1 Å². The molecule has 1 aliphatic rings. The minimum absolute atomic E-state index is 0.330. The van der Waals surface area contributed by atoms with E-state index in [1.54, 1.807) is 12.5 Å². The summed E-state index contributed by atoms with van der Waals surface area (Å²) in [5.74, 6) is 0.905. The highest BCUT2D eigenvalue weighted by molar-refractivity contribution is 5.69. The van der Waals surface area contributed by atoms with Gasteiger partial charge in [0.1, 0.15) is 18.3 Å². The maximum absolute atomic E-state index is 5.17. The maximum atomic E-state index is 5.17. The first-order chi connectivity index (χ1) is 8.24. The van der Waals surface area contributed by atoms with Gasteiger partial charge in [-0.2, -0.15) is 0 Å². The Labute approximate surface area is 99.2 Å². The highest BCUT2D eigenvalue weighted by atomic mass is 16.5. The smallest absolute Gasteiger partial charge is 0.137 e. The number of hydrogen-bond donors (Lipinski definition) is 2. The first-order valence-corrected chi connectivity index (χ1v) is 5.72. The molecule has 3 heterocycles. The van der Waals surface area contributed by atoms with E-state index >= 15 is 0 Å². The van der Waals surface area contributed by atoms with Crippen molar-refractivity contribution in [1.82, 2.24) is 5.16 Å². The number of hydrogen-bond acceptors (Lipinski definition) is 5. The molecule has 1 unspecified atom stereocenters. The lowest BCUT2D eigenvalue weighted by atomic mass is 10.0. The summed E-state index contributed by atoms with van der Waals surface area (Å²) in [4.78, 5) is 0. The van der Waals surface area contributed by atoms with E-state index in [2.05, 4.69) is 15.8 Å². The fraction of sp³-hybridized carbons (Fsp3) is 0.417. The molecule has 0 spiro atoms. The standard InChI is InChI=1S/C12H15N3O2/c1-7-10(8(2)17-15-7)3-9-4-13-11-5-16-6-12(11)14-9/h5-6,9,13-14H,3-4H2,1-2H3. The monoisotopic (exact) mass is 233 g/mol. The van der Waals surface area contributed by atoms with Crippen LogP contribution in [0.4, 0.5) is 11.4 Å². The molecule has 1 atom stereocenters. The van der Waals surface area contributed by atoms with Crippen LogP contribution in [-0.4, -0.2) is 17.7 Å². The van der Waals surface area contributed by atoms with E-state index in [4.69, 9.17) is 8.94 Å². The zero-order valence-electron chi connectivity index (χ0n) is 9.91. The average Bonchev–Trinajstić information content (AvgIpc) is 2.90. The third kappa shape index (κ3) is 1.77. The molecule has 2 N–H and O–H groups in total. The van der Waals surface area contributed by atoms with Gasteiger partial charge in [-0.15, -0.1) is 0 Å². The molecule has 0 amide bonds. The molecule has 3 rings (SSSR count). The molecule has 0 bridgehead atoms. The van der Waals surface area contributed by atoms with E-state index in [1.165, 1.54) is 5.56 Å². The fourth-order valence-corrected chi connectivity index (χ4v) is 2.21. The number of furan rings is 1. The zero-order valence-corrected chi connectivity index (χ0v) is 9.91. The van der Waals surface area contributed by atoms with Gasteiger partial charge in [0.25, 0.3) is 0 Å². The number of aryl methyl sites for hydroxylation is 2. The predicted molar refractivity (Wildman–Crippen MR) is 64.3 cm³/mol. The molecular formula is C12H15N3O2. The van der Waals surface area contributed by atoms with Crippen LogP contribution in [0.25, 0.3) is 0 Å². The van der Waals surface area contributed by atoms with E-state index in [0.29, 0.717) is 6.04 Å². The van der Waals surface area contributed by atoms with Crippen molar-refractivity contribution >= 4 is 11.4 Å². The van der Waals surface area contributed by atoms with Crippen LogP contribution in [-0.2, 0) is 6.42 Å². The lowest BCUT2D eigenvalue weighted by Crippen LogP contribution is -2.34. The van der Waals surface area contributed by atoms with E-state index in [1.807, 2.05) is 13.8 Å². The van der Waals surface area contributed by atoms with Crippen LogP contribution < -0.4 is 10.6 Å². The van der Waals surface area contributed by atoms with E-state index in [-0.39, 0.29) is 0 Å². The zero-order chi connectivity index (χ0) is 11.8. The van der Waals surface area contributed by atoms with Crippen molar-refractivity contribution < 1.29 is 8.94 Å². The van der Waals surface area contributed by atoms with Crippen molar-refractivity contribution in [3.63, 3.8) is 0 Å². The molecule has 2 aromatic rings. The second-order valence-electron chi connectivity index (χ2n) is 4.43. The Bertz CT molecular complexity index is 510. The van der Waals surface area contributed by atoms with Crippen LogP contribution in [0.3, 0.4) is 0 Å². The molecule has 5 heteroatoms. The molecule has 0 fully saturated rings. The number of fused-ring (bicyclic) bond motifs is 1. The Balaban J connectivity index is 1.76. The van der Waals surface area contributed by atoms with Crippen molar-refractivity contribution in [2.75, 3.05) is 17.2 Å². The maximum Gasteiger partial charge on any atom is 0.137 e. The molecule has 0 radical (unpaired) electrons. The molecule has 90 valence electrons. The van der Waals surface area contributed by atoms with Gasteiger partial charge < -0.3 is 19.6 Å². The summed E-state index contributed by atoms with van der Waals surface area (Å²) in [6, 6.07) is 0.330. The Kier molecular flexibility index (Phi) is 2.31. The van der Waals surface area contributed by atoms with Crippen LogP contribution in [0.1, 0.15) is 17.0 Å². The summed E-state index contributed by atoms with van der Waals surface area (Å²) < 4.78 is 10.3. The summed E-state index contributed by atoms with van der Waals surface area (Å²) in [6.07, 6.45) is 4.34. The summed E-state index contributed by atoms with van der Waals surface area (Å²) in [6.45, 7) is 4.80. The normalized spacial score (nSPS) is 18.4. The van der Waals surface area contributed by atoms with Gasteiger partial charge in [-0.05, 0) is 20.3 Å². The Morgan fingerprint density at radius 3 is 2.94 bits per heavy atom. The molecule has 0 saturated heterocycles. The van der Waals surface area contributed by atoms with Gasteiger partial charge in [0.2, 0.25) is 0 Å². The SMILES string of the molecule is Cc1noc(C)c1CC1CNc2cocc2N1. The fourth-order valence-electron chi connectivity index (χ4n) is 2.21. The highest BCUT2D eigenvalue weighted by Gasteiger charge is 2.21. The van der Waals surface area contributed by atoms with Crippen molar-refractivity contribution in [1.29, 1.82) is 0 Å². The molecular weight excluding hydrogens is 218 g/mol. The van der Waals surface area contributed by atoms with Gasteiger partial charge in [-0.1, -0.05) is 5.16 Å². The average molecular weight is 233 g/mol. The third-order valence-electron chi connectivity index (χ3n) is 3.19. The van der Waals surface area contributed by atoms with Crippen molar-refractivity contribution in [3.8, 4) is 0 Å². The minimum Gasteiger partial charge on any atom is -0.468 e. The Morgan fingerprint density at radius 2 is 2.18 bits per heavy atom. The Hall–Kier alpha value is -1.91. The van der Waals surface area contributed by atoms with E-state index < -0.39 is 0 Å². The summed E-state index contributed by atoms with van der Waals surface area (Å²) >= 11 is 0. The van der Waals surface area contributed by atoms with Crippen LogP contribution in [0.5, 0.6) is 0 Å². The first-order valence-electron chi connectivity index (χ1n) is 5.72. The molecule has 1 aliphatic heterocycles. The topological polar surface area (TPSA) is 63.2 Å². The first kappa shape index (κ1) is 10.3. The van der Waals surface area contributed by atoms with E-state index in [0.717, 1.165) is 35.8 Å². The van der Waals surface area contributed by atoms with Crippen LogP contribution >= 0.6 is 0 Å². The van der Waals surface area contributed by atoms with Crippen LogP contribution in [0.15, 0.2) is 21.5 Å². The summed E-state index contributed by atoms with van der Waals surface area (Å²) in [5, 5.41) is 10.8. The number of nitrogens with one attached hydrogen (secondary N) is 2. The van der Waals surface area contributed by atoms with Crippen LogP contribution in [0.2, 0.25) is 0 Å². The van der Waals surface area contributed by atoms with Gasteiger partial charge >= 0.3 is 0 Å². The Morgan fingerprint density at radius 1 is 1.35 bits per heavy atom. The quantitative estimate of drug-likeness (QED) is 0.833. The second-order valence-corrected chi connectivity index (χ2v) is 4.43. The molecule has 0 aromatic carbocycles. The van der Waals surface area contributed by atoms with Crippen molar-refractivity contribution in [2.24, 2.45) is 0 Å². The highest BCUT2D eigenvalue weighted by Crippen LogP contribution is 2.28. The van der Waals surface area contributed by atoms with Crippen molar-refractivity contribution in [3.05, 3.63) is 29.5 Å². The lowest BCUT2D eigenvalue weighted by molar-refractivity contribution is 0.392. The van der Waals surface area contributed by atoms with Gasteiger partial charge in [-0.3, -0.25) is 0 Å². The second kappa shape index (κ2) is 3.84. The molecule has 0 saturated carbocycles.